The van der Waals surface area contributed by atoms with Gasteiger partial charge in [0.15, 0.2) is 0 Å². The second kappa shape index (κ2) is 6.42. The first-order valence-corrected chi connectivity index (χ1v) is 7.36. The summed E-state index contributed by atoms with van der Waals surface area (Å²) in [6.45, 7) is 5.67. The maximum absolute atomic E-state index is 12.5. The Morgan fingerprint density at radius 2 is 2.05 bits per heavy atom. The van der Waals surface area contributed by atoms with Crippen LogP contribution in [-0.4, -0.2) is 50.2 Å². The van der Waals surface area contributed by atoms with Crippen LogP contribution in [0.2, 0.25) is 0 Å². The monoisotopic (exact) mass is 288 g/mol. The second-order valence-corrected chi connectivity index (χ2v) is 6.17. The molecule has 0 aromatic heterocycles. The summed E-state index contributed by atoms with van der Waals surface area (Å²) in [5.74, 6) is 0.487. The number of ether oxygens (including phenoxy) is 1. The van der Waals surface area contributed by atoms with Crippen molar-refractivity contribution in [3.8, 4) is 0 Å². The standard InChI is InChI=1S/C14H24N2O2.ClH/c17-13(12-2-1-9-18-10-12)16-8-5-14(11-16)3-6-15-7-4-14;/h12,15H,1-11H2;1H. The van der Waals surface area contributed by atoms with Gasteiger partial charge in [0.05, 0.1) is 12.5 Å². The first-order chi connectivity index (χ1) is 8.79. The van der Waals surface area contributed by atoms with E-state index in [-0.39, 0.29) is 18.3 Å². The van der Waals surface area contributed by atoms with Gasteiger partial charge in [-0.25, -0.2) is 0 Å². The Labute approximate surface area is 121 Å². The zero-order valence-corrected chi connectivity index (χ0v) is 12.3. The average molecular weight is 289 g/mol. The Bertz CT molecular complexity index is 313. The molecule has 0 aromatic rings. The van der Waals surface area contributed by atoms with Crippen molar-refractivity contribution in [2.75, 3.05) is 39.4 Å². The third-order valence-electron chi connectivity index (χ3n) is 4.92. The molecule has 5 heteroatoms. The molecular formula is C14H25ClN2O2. The maximum Gasteiger partial charge on any atom is 0.228 e. The van der Waals surface area contributed by atoms with Gasteiger partial charge in [0.1, 0.15) is 0 Å². The lowest BCUT2D eigenvalue weighted by atomic mass is 9.78. The van der Waals surface area contributed by atoms with E-state index in [4.69, 9.17) is 4.74 Å². The van der Waals surface area contributed by atoms with Crippen LogP contribution >= 0.6 is 12.4 Å². The third-order valence-corrected chi connectivity index (χ3v) is 4.92. The van der Waals surface area contributed by atoms with Crippen LogP contribution in [0.4, 0.5) is 0 Å². The highest BCUT2D eigenvalue weighted by molar-refractivity contribution is 5.85. The number of halogens is 1. The third kappa shape index (κ3) is 3.23. The molecule has 1 amide bonds. The molecule has 0 saturated carbocycles. The van der Waals surface area contributed by atoms with Crippen molar-refractivity contribution >= 4 is 18.3 Å². The van der Waals surface area contributed by atoms with E-state index in [9.17, 15) is 4.79 Å². The topological polar surface area (TPSA) is 41.6 Å². The van der Waals surface area contributed by atoms with Crippen LogP contribution in [0.5, 0.6) is 0 Å². The second-order valence-electron chi connectivity index (χ2n) is 6.17. The lowest BCUT2D eigenvalue weighted by Gasteiger charge is -2.34. The fourth-order valence-electron chi connectivity index (χ4n) is 3.68. The quantitative estimate of drug-likeness (QED) is 0.794. The number of hydrogen-bond donors (Lipinski definition) is 1. The molecule has 1 atom stereocenters. The molecule has 0 aromatic carbocycles. The number of nitrogens with one attached hydrogen (secondary N) is 1. The van der Waals surface area contributed by atoms with Crippen LogP contribution < -0.4 is 5.32 Å². The summed E-state index contributed by atoms with van der Waals surface area (Å²) in [7, 11) is 0. The van der Waals surface area contributed by atoms with Gasteiger partial charge in [0, 0.05) is 19.7 Å². The van der Waals surface area contributed by atoms with Crippen LogP contribution in [0.25, 0.3) is 0 Å². The highest BCUT2D eigenvalue weighted by Crippen LogP contribution is 2.39. The minimum atomic E-state index is 0. The van der Waals surface area contributed by atoms with Gasteiger partial charge in [-0.2, -0.15) is 0 Å². The van der Waals surface area contributed by atoms with E-state index < -0.39 is 0 Å². The van der Waals surface area contributed by atoms with E-state index in [1.54, 1.807) is 0 Å². The van der Waals surface area contributed by atoms with Gasteiger partial charge < -0.3 is 15.0 Å². The Kier molecular flexibility index (Phi) is 5.09. The van der Waals surface area contributed by atoms with Crippen LogP contribution in [0, 0.1) is 11.3 Å². The predicted octanol–water partition coefficient (Wildman–Crippen LogP) is 1.44. The number of likely N-dealkylation sites (tertiary alicyclic amines) is 1. The molecule has 1 spiro atoms. The maximum atomic E-state index is 12.5. The van der Waals surface area contributed by atoms with Gasteiger partial charge in [0.2, 0.25) is 5.91 Å². The van der Waals surface area contributed by atoms with Gasteiger partial charge in [-0.1, -0.05) is 0 Å². The normalized spacial score (nSPS) is 30.1. The fraction of sp³-hybridized carbons (Fsp3) is 0.929. The summed E-state index contributed by atoms with van der Waals surface area (Å²) < 4.78 is 5.44. The van der Waals surface area contributed by atoms with Crippen molar-refractivity contribution in [3.05, 3.63) is 0 Å². The summed E-state index contributed by atoms with van der Waals surface area (Å²) in [6.07, 6.45) is 5.73. The molecule has 1 unspecified atom stereocenters. The zero-order valence-electron chi connectivity index (χ0n) is 11.5. The summed E-state index contributed by atoms with van der Waals surface area (Å²) in [6, 6.07) is 0. The molecule has 3 rings (SSSR count). The molecule has 0 radical (unpaired) electrons. The van der Waals surface area contributed by atoms with E-state index >= 15 is 0 Å². The molecule has 110 valence electrons. The first-order valence-electron chi connectivity index (χ1n) is 7.36. The molecule has 3 aliphatic heterocycles. The van der Waals surface area contributed by atoms with Crippen LogP contribution in [0.15, 0.2) is 0 Å². The van der Waals surface area contributed by atoms with E-state index in [0.717, 1.165) is 45.6 Å². The summed E-state index contributed by atoms with van der Waals surface area (Å²) in [5.41, 5.74) is 0.427. The van der Waals surface area contributed by atoms with Gasteiger partial charge in [-0.15, -0.1) is 12.4 Å². The van der Waals surface area contributed by atoms with Gasteiger partial charge in [-0.3, -0.25) is 4.79 Å². The fourth-order valence-corrected chi connectivity index (χ4v) is 3.68. The largest absolute Gasteiger partial charge is 0.381 e. The summed E-state index contributed by atoms with van der Waals surface area (Å²) in [4.78, 5) is 14.6. The van der Waals surface area contributed by atoms with Crippen molar-refractivity contribution in [2.24, 2.45) is 11.3 Å². The van der Waals surface area contributed by atoms with Crippen molar-refractivity contribution < 1.29 is 9.53 Å². The molecule has 3 heterocycles. The molecule has 4 nitrogen and oxygen atoms in total. The van der Waals surface area contributed by atoms with E-state index in [0.29, 0.717) is 17.9 Å². The number of carbonyl (C=O) groups is 1. The minimum Gasteiger partial charge on any atom is -0.381 e. The van der Waals surface area contributed by atoms with Crippen LogP contribution in [-0.2, 0) is 9.53 Å². The molecule has 19 heavy (non-hydrogen) atoms. The van der Waals surface area contributed by atoms with Gasteiger partial charge in [-0.05, 0) is 50.6 Å². The number of hydrogen-bond acceptors (Lipinski definition) is 3. The Hall–Kier alpha value is -0.320. The molecule has 3 aliphatic rings. The van der Waals surface area contributed by atoms with Gasteiger partial charge >= 0.3 is 0 Å². The number of amides is 1. The van der Waals surface area contributed by atoms with Crippen molar-refractivity contribution in [1.82, 2.24) is 10.2 Å². The first kappa shape index (κ1) is 15.1. The molecule has 3 fully saturated rings. The summed E-state index contributed by atoms with van der Waals surface area (Å²) >= 11 is 0. The molecule has 3 saturated heterocycles. The van der Waals surface area contributed by atoms with Crippen LogP contribution in [0.3, 0.4) is 0 Å². The van der Waals surface area contributed by atoms with E-state index in [2.05, 4.69) is 10.2 Å². The van der Waals surface area contributed by atoms with Gasteiger partial charge in [0.25, 0.3) is 0 Å². The minimum absolute atomic E-state index is 0. The molecular weight excluding hydrogens is 264 g/mol. The smallest absolute Gasteiger partial charge is 0.228 e. The van der Waals surface area contributed by atoms with Crippen molar-refractivity contribution in [2.45, 2.75) is 32.1 Å². The zero-order chi connectivity index (χ0) is 12.4. The lowest BCUT2D eigenvalue weighted by Crippen LogP contribution is -2.42. The highest BCUT2D eigenvalue weighted by Gasteiger charge is 2.41. The van der Waals surface area contributed by atoms with E-state index in [1.165, 1.54) is 19.3 Å². The molecule has 1 N–H and O–H groups in total. The average Bonchev–Trinajstić information content (AvgIpc) is 2.83. The number of carbonyl (C=O) groups excluding carboxylic acids is 1. The number of nitrogens with zero attached hydrogens (tertiary/aromatic N) is 1. The Morgan fingerprint density at radius 3 is 2.74 bits per heavy atom. The highest BCUT2D eigenvalue weighted by atomic mass is 35.5. The molecule has 0 bridgehead atoms. The molecule has 0 aliphatic carbocycles. The predicted molar refractivity (Wildman–Crippen MR) is 76.5 cm³/mol. The van der Waals surface area contributed by atoms with Crippen molar-refractivity contribution in [1.29, 1.82) is 0 Å². The Morgan fingerprint density at radius 1 is 1.26 bits per heavy atom. The number of piperidine rings is 1. The number of rotatable bonds is 1. The SMILES string of the molecule is Cl.O=C(C1CCCOC1)N1CCC2(CCNCC2)C1. The van der Waals surface area contributed by atoms with Crippen LogP contribution in [0.1, 0.15) is 32.1 Å². The Balaban J connectivity index is 0.00000133. The summed E-state index contributed by atoms with van der Waals surface area (Å²) in [5, 5.41) is 3.42. The van der Waals surface area contributed by atoms with Crippen molar-refractivity contribution in [3.63, 3.8) is 0 Å². The van der Waals surface area contributed by atoms with E-state index in [1.807, 2.05) is 0 Å². The lowest BCUT2D eigenvalue weighted by molar-refractivity contribution is -0.139.